The first-order valence-electron chi connectivity index (χ1n) is 8.05. The van der Waals surface area contributed by atoms with Crippen molar-refractivity contribution < 1.29 is 14.3 Å². The number of ether oxygens (including phenoxy) is 2. The lowest BCUT2D eigenvalue weighted by Gasteiger charge is -2.35. The number of hydrogen-bond acceptors (Lipinski definition) is 4. The summed E-state index contributed by atoms with van der Waals surface area (Å²) < 4.78 is 12.7. The molecule has 0 aromatic heterocycles. The Bertz CT molecular complexity index is 776. The van der Waals surface area contributed by atoms with Crippen LogP contribution in [-0.4, -0.2) is 42.7 Å². The average molecular weight is 438 g/mol. The number of hydrogen-bond donors (Lipinski definition) is 1. The van der Waals surface area contributed by atoms with Gasteiger partial charge in [-0.05, 0) is 48.6 Å². The molecule has 1 amide bonds. The Balaban J connectivity index is 1.78. The molecule has 24 heavy (non-hydrogen) atoms. The number of carbonyl (C=O) groups excluding carboxylic acids is 1. The van der Waals surface area contributed by atoms with Crippen molar-refractivity contribution in [2.45, 2.75) is 19.4 Å². The fraction of sp³-hybridized carbons (Fsp3) is 0.389. The second-order valence-corrected chi connectivity index (χ2v) is 7.87. The van der Waals surface area contributed by atoms with E-state index in [0.29, 0.717) is 11.3 Å². The highest BCUT2D eigenvalue weighted by atomic mass is 127. The summed E-state index contributed by atoms with van der Waals surface area (Å²) in [5, 5.41) is 2.94. The van der Waals surface area contributed by atoms with Gasteiger partial charge in [0.25, 0.3) is 5.91 Å². The predicted octanol–water partition coefficient (Wildman–Crippen LogP) is 2.98. The molecule has 0 bridgehead atoms. The van der Waals surface area contributed by atoms with E-state index in [4.69, 9.17) is 9.47 Å². The maximum absolute atomic E-state index is 12.5. The molecule has 0 aliphatic carbocycles. The number of amides is 1. The van der Waals surface area contributed by atoms with Crippen LogP contribution in [-0.2, 0) is 14.3 Å². The lowest BCUT2D eigenvalue weighted by atomic mass is 10.0. The Morgan fingerprint density at radius 3 is 2.75 bits per heavy atom. The zero-order valence-corrected chi connectivity index (χ0v) is 15.8. The minimum absolute atomic E-state index is 0.0997. The minimum atomic E-state index is -0.452. The van der Waals surface area contributed by atoms with Crippen molar-refractivity contribution in [2.75, 3.05) is 31.6 Å². The molecule has 0 spiro atoms. The third-order valence-electron chi connectivity index (χ3n) is 4.57. The number of halogens is 1. The number of nitrogens with one attached hydrogen (secondary N) is 1. The van der Waals surface area contributed by atoms with E-state index in [9.17, 15) is 4.79 Å². The third kappa shape index (κ3) is 2.61. The van der Waals surface area contributed by atoms with Crippen molar-refractivity contribution in [1.82, 2.24) is 4.90 Å². The number of morpholine rings is 1. The number of nitrogens with zero attached hydrogens (tertiary/aromatic N) is 1. The first kappa shape index (κ1) is 16.0. The molecule has 5 nitrogen and oxygen atoms in total. The van der Waals surface area contributed by atoms with E-state index in [-0.39, 0.29) is 5.91 Å². The van der Waals surface area contributed by atoms with Gasteiger partial charge in [0.05, 0.1) is 30.2 Å². The van der Waals surface area contributed by atoms with Crippen molar-refractivity contribution in [1.29, 1.82) is 0 Å². The summed E-state index contributed by atoms with van der Waals surface area (Å²) in [7, 11) is 0. The van der Waals surface area contributed by atoms with Crippen molar-refractivity contribution in [2.24, 2.45) is 0 Å². The second kappa shape index (κ2) is 5.77. The standard InChI is InChI=1S/C18H19IN2O3/c1-18(2)15(21-5-7-23-8-6-21)10-14(24-18)16-12-4-3-11(19)9-13(12)20-17(16)22/h3-4,9-10H,5-8H2,1-2H3,(H,20,22). The lowest BCUT2D eigenvalue weighted by Crippen LogP contribution is -2.41. The van der Waals surface area contributed by atoms with Crippen LogP contribution < -0.4 is 5.32 Å². The molecule has 3 aliphatic heterocycles. The number of rotatable bonds is 1. The Labute approximate surface area is 154 Å². The molecule has 0 radical (unpaired) electrons. The normalized spacial score (nSPS) is 25.2. The maximum atomic E-state index is 12.5. The zero-order chi connectivity index (χ0) is 16.9. The second-order valence-electron chi connectivity index (χ2n) is 6.62. The van der Waals surface area contributed by atoms with Gasteiger partial charge in [0, 0.05) is 28.3 Å². The Morgan fingerprint density at radius 2 is 2.00 bits per heavy atom. The van der Waals surface area contributed by atoms with Crippen molar-refractivity contribution >= 4 is 39.8 Å². The van der Waals surface area contributed by atoms with Gasteiger partial charge in [-0.15, -0.1) is 0 Å². The summed E-state index contributed by atoms with van der Waals surface area (Å²) in [6, 6.07) is 5.97. The fourth-order valence-corrected chi connectivity index (χ4v) is 3.93. The van der Waals surface area contributed by atoms with Gasteiger partial charge in [-0.2, -0.15) is 0 Å². The Kier molecular flexibility index (Phi) is 3.84. The van der Waals surface area contributed by atoms with E-state index >= 15 is 0 Å². The summed E-state index contributed by atoms with van der Waals surface area (Å²) in [4.78, 5) is 14.8. The third-order valence-corrected chi connectivity index (χ3v) is 5.25. The average Bonchev–Trinajstić information content (AvgIpc) is 3.02. The van der Waals surface area contributed by atoms with Crippen LogP contribution in [0.25, 0.3) is 5.57 Å². The van der Waals surface area contributed by atoms with E-state index < -0.39 is 5.60 Å². The summed E-state index contributed by atoms with van der Waals surface area (Å²) in [6.45, 7) is 7.24. The molecule has 1 saturated heterocycles. The quantitative estimate of drug-likeness (QED) is 0.541. The van der Waals surface area contributed by atoms with Gasteiger partial charge in [-0.1, -0.05) is 6.07 Å². The smallest absolute Gasteiger partial charge is 0.260 e. The first-order chi connectivity index (χ1) is 11.5. The molecule has 0 saturated carbocycles. The molecule has 6 heteroatoms. The van der Waals surface area contributed by atoms with E-state index in [2.05, 4.69) is 32.8 Å². The molecular formula is C18H19IN2O3. The lowest BCUT2D eigenvalue weighted by molar-refractivity contribution is -0.111. The first-order valence-corrected chi connectivity index (χ1v) is 9.13. The summed E-state index contributed by atoms with van der Waals surface area (Å²) in [5.74, 6) is 0.552. The van der Waals surface area contributed by atoms with E-state index in [1.807, 2.05) is 38.1 Å². The molecule has 0 unspecified atom stereocenters. The number of carbonyl (C=O) groups is 1. The molecule has 1 N–H and O–H groups in total. The molecule has 4 rings (SSSR count). The van der Waals surface area contributed by atoms with Gasteiger partial charge >= 0.3 is 0 Å². The van der Waals surface area contributed by atoms with Gasteiger partial charge in [-0.25, -0.2) is 0 Å². The van der Waals surface area contributed by atoms with Gasteiger partial charge in [0.2, 0.25) is 0 Å². The molecule has 3 heterocycles. The highest BCUT2D eigenvalue weighted by Gasteiger charge is 2.39. The topological polar surface area (TPSA) is 50.8 Å². The van der Waals surface area contributed by atoms with Gasteiger partial charge in [0.1, 0.15) is 11.4 Å². The summed E-state index contributed by atoms with van der Waals surface area (Å²) >= 11 is 2.24. The van der Waals surface area contributed by atoms with Gasteiger partial charge in [0.15, 0.2) is 0 Å². The molecular weight excluding hydrogens is 419 g/mol. The number of fused-ring (bicyclic) bond motifs is 1. The molecule has 1 aromatic rings. The number of anilines is 1. The van der Waals surface area contributed by atoms with Crippen molar-refractivity contribution in [3.63, 3.8) is 0 Å². The van der Waals surface area contributed by atoms with E-state index in [1.165, 1.54) is 0 Å². The predicted molar refractivity (Wildman–Crippen MR) is 100 cm³/mol. The molecule has 1 fully saturated rings. The zero-order valence-electron chi connectivity index (χ0n) is 13.7. The highest BCUT2D eigenvalue weighted by Crippen LogP contribution is 2.42. The van der Waals surface area contributed by atoms with Crippen LogP contribution in [0.4, 0.5) is 5.69 Å². The van der Waals surface area contributed by atoms with Crippen LogP contribution in [0.15, 0.2) is 35.7 Å². The van der Waals surface area contributed by atoms with Crippen LogP contribution in [0.2, 0.25) is 0 Å². The maximum Gasteiger partial charge on any atom is 0.260 e. The number of benzene rings is 1. The number of allylic oxidation sites excluding steroid dienone is 1. The highest BCUT2D eigenvalue weighted by molar-refractivity contribution is 14.1. The SMILES string of the molecule is CC1(C)OC(=C2C(=O)Nc3cc(I)ccc32)C=C1N1CCOCC1. The summed E-state index contributed by atoms with van der Waals surface area (Å²) in [6.07, 6.45) is 2.02. The Hall–Kier alpha value is -1.54. The van der Waals surface area contributed by atoms with Crippen LogP contribution in [0.3, 0.4) is 0 Å². The van der Waals surface area contributed by atoms with Gasteiger partial charge in [-0.3, -0.25) is 4.79 Å². The minimum Gasteiger partial charge on any atom is -0.481 e. The van der Waals surface area contributed by atoms with E-state index in [1.54, 1.807) is 0 Å². The Morgan fingerprint density at radius 1 is 1.25 bits per heavy atom. The fourth-order valence-electron chi connectivity index (χ4n) is 3.44. The van der Waals surface area contributed by atoms with Gasteiger partial charge < -0.3 is 19.7 Å². The van der Waals surface area contributed by atoms with Crippen LogP contribution >= 0.6 is 22.6 Å². The molecule has 3 aliphatic rings. The molecule has 1 aromatic carbocycles. The largest absolute Gasteiger partial charge is 0.481 e. The molecule has 0 atom stereocenters. The monoisotopic (exact) mass is 438 g/mol. The van der Waals surface area contributed by atoms with Crippen LogP contribution in [0.1, 0.15) is 19.4 Å². The molecule has 126 valence electrons. The van der Waals surface area contributed by atoms with Crippen molar-refractivity contribution in [3.05, 3.63) is 44.9 Å². The summed E-state index contributed by atoms with van der Waals surface area (Å²) in [5.41, 5.74) is 3.04. The van der Waals surface area contributed by atoms with Crippen LogP contribution in [0.5, 0.6) is 0 Å². The van der Waals surface area contributed by atoms with Crippen molar-refractivity contribution in [3.8, 4) is 0 Å². The van der Waals surface area contributed by atoms with Crippen LogP contribution in [0, 0.1) is 3.57 Å². The van der Waals surface area contributed by atoms with E-state index in [0.717, 1.165) is 46.8 Å².